The summed E-state index contributed by atoms with van der Waals surface area (Å²) in [7, 11) is 1.60. The average molecular weight is 388 g/mol. The van der Waals surface area contributed by atoms with E-state index in [4.69, 9.17) is 21.1 Å². The minimum absolute atomic E-state index is 0.153. The molecule has 0 bridgehead atoms. The van der Waals surface area contributed by atoms with Crippen molar-refractivity contribution in [2.45, 2.75) is 13.5 Å². The van der Waals surface area contributed by atoms with Crippen LogP contribution in [0.5, 0.6) is 11.5 Å². The van der Waals surface area contributed by atoms with Crippen LogP contribution >= 0.6 is 22.9 Å². The molecule has 1 N–H and O–H groups in total. The van der Waals surface area contributed by atoms with Gasteiger partial charge in [-0.05, 0) is 60.3 Å². The SMILES string of the molecule is COc1ccc(NC(=O)c2cc(COc3cc(C)ccc3Cl)cs2)cc1. The van der Waals surface area contributed by atoms with Crippen LogP contribution in [-0.2, 0) is 6.61 Å². The highest BCUT2D eigenvalue weighted by Gasteiger charge is 2.11. The van der Waals surface area contributed by atoms with E-state index in [0.29, 0.717) is 27.9 Å². The van der Waals surface area contributed by atoms with Crippen LogP contribution in [0.3, 0.4) is 0 Å². The Kier molecular flexibility index (Phi) is 5.81. The van der Waals surface area contributed by atoms with Gasteiger partial charge in [-0.1, -0.05) is 17.7 Å². The Hall–Kier alpha value is -2.50. The van der Waals surface area contributed by atoms with E-state index in [1.54, 1.807) is 31.4 Å². The predicted octanol–water partition coefficient (Wildman–Crippen LogP) is 5.55. The molecule has 6 heteroatoms. The number of rotatable bonds is 6. The number of amides is 1. The van der Waals surface area contributed by atoms with Gasteiger partial charge in [0.15, 0.2) is 0 Å². The summed E-state index contributed by atoms with van der Waals surface area (Å²) in [5.74, 6) is 1.23. The summed E-state index contributed by atoms with van der Waals surface area (Å²) in [6.07, 6.45) is 0. The third-order valence-electron chi connectivity index (χ3n) is 3.71. The van der Waals surface area contributed by atoms with Crippen molar-refractivity contribution in [1.82, 2.24) is 0 Å². The maximum Gasteiger partial charge on any atom is 0.265 e. The van der Waals surface area contributed by atoms with Crippen molar-refractivity contribution < 1.29 is 14.3 Å². The van der Waals surface area contributed by atoms with Crippen LogP contribution in [0, 0.1) is 6.92 Å². The molecule has 0 atom stereocenters. The molecular weight excluding hydrogens is 370 g/mol. The first kappa shape index (κ1) is 18.3. The number of benzene rings is 2. The van der Waals surface area contributed by atoms with Gasteiger partial charge in [0.2, 0.25) is 0 Å². The van der Waals surface area contributed by atoms with Crippen molar-refractivity contribution in [2.24, 2.45) is 0 Å². The van der Waals surface area contributed by atoms with Crippen LogP contribution in [0.15, 0.2) is 53.9 Å². The lowest BCUT2D eigenvalue weighted by molar-refractivity contribution is 0.103. The number of hydrogen-bond donors (Lipinski definition) is 1. The highest BCUT2D eigenvalue weighted by atomic mass is 35.5. The zero-order chi connectivity index (χ0) is 18.5. The summed E-state index contributed by atoms with van der Waals surface area (Å²) < 4.78 is 10.9. The zero-order valence-corrected chi connectivity index (χ0v) is 16.0. The summed E-state index contributed by atoms with van der Waals surface area (Å²) in [6.45, 7) is 2.34. The molecule has 0 saturated carbocycles. The van der Waals surface area contributed by atoms with Gasteiger partial charge in [-0.15, -0.1) is 11.3 Å². The number of hydrogen-bond acceptors (Lipinski definition) is 4. The summed E-state index contributed by atoms with van der Waals surface area (Å²) in [5.41, 5.74) is 2.72. The summed E-state index contributed by atoms with van der Waals surface area (Å²) in [5, 5.41) is 5.35. The normalized spacial score (nSPS) is 10.4. The number of carbonyl (C=O) groups is 1. The molecule has 1 amide bonds. The van der Waals surface area contributed by atoms with Crippen molar-refractivity contribution in [3.05, 3.63) is 74.9 Å². The second kappa shape index (κ2) is 8.25. The summed E-state index contributed by atoms with van der Waals surface area (Å²) in [6, 6.07) is 14.7. The number of methoxy groups -OCH3 is 1. The fourth-order valence-electron chi connectivity index (χ4n) is 2.32. The molecule has 3 rings (SSSR count). The Bertz CT molecular complexity index is 906. The van der Waals surface area contributed by atoms with Crippen molar-refractivity contribution >= 4 is 34.5 Å². The third-order valence-corrected chi connectivity index (χ3v) is 5.00. The zero-order valence-electron chi connectivity index (χ0n) is 14.4. The van der Waals surface area contributed by atoms with Crippen LogP contribution in [-0.4, -0.2) is 13.0 Å². The highest BCUT2D eigenvalue weighted by molar-refractivity contribution is 7.12. The number of thiophene rings is 1. The molecule has 134 valence electrons. The van der Waals surface area contributed by atoms with E-state index < -0.39 is 0 Å². The number of anilines is 1. The van der Waals surface area contributed by atoms with Crippen molar-refractivity contribution in [3.8, 4) is 11.5 Å². The Balaban J connectivity index is 1.61. The molecule has 3 aromatic rings. The summed E-state index contributed by atoms with van der Waals surface area (Å²) in [4.78, 5) is 13.0. The first-order valence-corrected chi connectivity index (χ1v) is 9.22. The quantitative estimate of drug-likeness (QED) is 0.603. The van der Waals surface area contributed by atoms with Crippen molar-refractivity contribution in [1.29, 1.82) is 0 Å². The van der Waals surface area contributed by atoms with Gasteiger partial charge in [-0.3, -0.25) is 4.79 Å². The van der Waals surface area contributed by atoms with E-state index in [9.17, 15) is 4.79 Å². The van der Waals surface area contributed by atoms with Gasteiger partial charge in [-0.2, -0.15) is 0 Å². The molecule has 0 spiro atoms. The van der Waals surface area contributed by atoms with E-state index in [-0.39, 0.29) is 5.91 Å². The minimum Gasteiger partial charge on any atom is -0.497 e. The van der Waals surface area contributed by atoms with Gasteiger partial charge in [0, 0.05) is 11.3 Å². The van der Waals surface area contributed by atoms with Gasteiger partial charge in [-0.25, -0.2) is 0 Å². The fraction of sp³-hybridized carbons (Fsp3) is 0.150. The van der Waals surface area contributed by atoms with E-state index in [1.165, 1.54) is 11.3 Å². The molecule has 26 heavy (non-hydrogen) atoms. The molecule has 0 aliphatic carbocycles. The van der Waals surface area contributed by atoms with Gasteiger partial charge in [0.05, 0.1) is 17.0 Å². The molecule has 1 aromatic heterocycles. The standard InChI is InChI=1S/C20H18ClNO3S/c1-13-3-8-17(21)18(9-13)25-11-14-10-19(26-12-14)20(23)22-15-4-6-16(24-2)7-5-15/h3-10,12H,11H2,1-2H3,(H,22,23). The lowest BCUT2D eigenvalue weighted by Gasteiger charge is -2.07. The molecule has 0 fully saturated rings. The van der Waals surface area contributed by atoms with Gasteiger partial charge < -0.3 is 14.8 Å². The van der Waals surface area contributed by atoms with E-state index in [0.717, 1.165) is 16.9 Å². The average Bonchev–Trinajstić information content (AvgIpc) is 3.12. The molecule has 0 aliphatic rings. The van der Waals surface area contributed by atoms with Crippen molar-refractivity contribution in [2.75, 3.05) is 12.4 Å². The number of carbonyl (C=O) groups excluding carboxylic acids is 1. The monoisotopic (exact) mass is 387 g/mol. The minimum atomic E-state index is -0.153. The second-order valence-electron chi connectivity index (χ2n) is 5.72. The first-order valence-electron chi connectivity index (χ1n) is 7.97. The van der Waals surface area contributed by atoms with Crippen molar-refractivity contribution in [3.63, 3.8) is 0 Å². The molecule has 0 aliphatic heterocycles. The maximum absolute atomic E-state index is 12.4. The van der Waals surface area contributed by atoms with Crippen LogP contribution in [0.1, 0.15) is 20.8 Å². The van der Waals surface area contributed by atoms with Crippen LogP contribution < -0.4 is 14.8 Å². The van der Waals surface area contributed by atoms with Gasteiger partial charge >= 0.3 is 0 Å². The lowest BCUT2D eigenvalue weighted by atomic mass is 10.2. The van der Waals surface area contributed by atoms with Crippen LogP contribution in [0.25, 0.3) is 0 Å². The maximum atomic E-state index is 12.4. The Labute approximate surface area is 161 Å². The summed E-state index contributed by atoms with van der Waals surface area (Å²) >= 11 is 7.51. The highest BCUT2D eigenvalue weighted by Crippen LogP contribution is 2.27. The van der Waals surface area contributed by atoms with E-state index in [1.807, 2.05) is 36.6 Å². The molecule has 0 unspecified atom stereocenters. The third kappa shape index (κ3) is 4.56. The van der Waals surface area contributed by atoms with Gasteiger partial charge in [0.1, 0.15) is 18.1 Å². The first-order chi connectivity index (χ1) is 12.5. The fourth-order valence-corrected chi connectivity index (χ4v) is 3.28. The van der Waals surface area contributed by atoms with E-state index >= 15 is 0 Å². The number of ether oxygens (including phenoxy) is 2. The number of aryl methyl sites for hydroxylation is 1. The molecule has 0 saturated heterocycles. The largest absolute Gasteiger partial charge is 0.497 e. The Morgan fingerprint density at radius 1 is 1.15 bits per heavy atom. The number of halogens is 1. The smallest absolute Gasteiger partial charge is 0.265 e. The molecule has 2 aromatic carbocycles. The molecule has 1 heterocycles. The molecule has 0 radical (unpaired) electrons. The van der Waals surface area contributed by atoms with Crippen LogP contribution in [0.2, 0.25) is 5.02 Å². The predicted molar refractivity (Wildman–Crippen MR) is 106 cm³/mol. The Morgan fingerprint density at radius 3 is 2.65 bits per heavy atom. The van der Waals surface area contributed by atoms with Crippen LogP contribution in [0.4, 0.5) is 5.69 Å². The van der Waals surface area contributed by atoms with Gasteiger partial charge in [0.25, 0.3) is 5.91 Å². The lowest BCUT2D eigenvalue weighted by Crippen LogP contribution is -2.10. The molecule has 4 nitrogen and oxygen atoms in total. The second-order valence-corrected chi connectivity index (χ2v) is 7.04. The topological polar surface area (TPSA) is 47.6 Å². The number of nitrogens with one attached hydrogen (secondary N) is 1. The molecular formula is C20H18ClNO3S. The van der Waals surface area contributed by atoms with E-state index in [2.05, 4.69) is 5.32 Å². The Morgan fingerprint density at radius 2 is 1.92 bits per heavy atom.